The van der Waals surface area contributed by atoms with Crippen molar-refractivity contribution >= 4 is 17.5 Å². The van der Waals surface area contributed by atoms with E-state index in [1.54, 1.807) is 18.9 Å². The summed E-state index contributed by atoms with van der Waals surface area (Å²) >= 11 is 0. The van der Waals surface area contributed by atoms with Crippen LogP contribution in [0.1, 0.15) is 24.0 Å². The van der Waals surface area contributed by atoms with Gasteiger partial charge in [-0.3, -0.25) is 15.0 Å². The van der Waals surface area contributed by atoms with Gasteiger partial charge in [-0.15, -0.1) is 0 Å². The Hall–Kier alpha value is -1.88. The van der Waals surface area contributed by atoms with Gasteiger partial charge in [0.2, 0.25) is 11.8 Å². The van der Waals surface area contributed by atoms with Gasteiger partial charge in [0.1, 0.15) is 0 Å². The predicted octanol–water partition coefficient (Wildman–Crippen LogP) is 0.299. The van der Waals surface area contributed by atoms with Gasteiger partial charge in [0, 0.05) is 12.7 Å². The molecule has 17 heavy (non-hydrogen) atoms. The van der Waals surface area contributed by atoms with E-state index in [0.29, 0.717) is 6.42 Å². The van der Waals surface area contributed by atoms with Gasteiger partial charge in [0.15, 0.2) is 0 Å². The third-order valence-electron chi connectivity index (χ3n) is 3.22. The molecule has 0 radical (unpaired) electrons. The lowest BCUT2D eigenvalue weighted by Gasteiger charge is -2.13. The van der Waals surface area contributed by atoms with Crippen LogP contribution in [0.3, 0.4) is 0 Å². The van der Waals surface area contributed by atoms with Crippen molar-refractivity contribution in [3.05, 3.63) is 29.3 Å². The van der Waals surface area contributed by atoms with Crippen LogP contribution in [0.25, 0.3) is 0 Å². The minimum atomic E-state index is -0.314. The second kappa shape index (κ2) is 4.18. The molecule has 0 bridgehead atoms. The van der Waals surface area contributed by atoms with E-state index in [9.17, 15) is 9.59 Å². The van der Waals surface area contributed by atoms with E-state index in [2.05, 4.69) is 5.43 Å². The quantitative estimate of drug-likeness (QED) is 0.438. The number of benzene rings is 1. The van der Waals surface area contributed by atoms with Crippen LogP contribution in [-0.4, -0.2) is 18.9 Å². The van der Waals surface area contributed by atoms with E-state index in [-0.39, 0.29) is 17.7 Å². The average Bonchev–Trinajstić information content (AvgIpc) is 2.62. The summed E-state index contributed by atoms with van der Waals surface area (Å²) < 4.78 is 0. The topological polar surface area (TPSA) is 75.4 Å². The molecule has 0 spiro atoms. The van der Waals surface area contributed by atoms with Crippen LogP contribution in [-0.2, 0) is 16.0 Å². The molecule has 2 rings (SSSR count). The summed E-state index contributed by atoms with van der Waals surface area (Å²) in [6.45, 7) is 1.78. The fourth-order valence-electron chi connectivity index (χ4n) is 2.04. The standard InChI is InChI=1S/C12H15N3O2/c1-7(12(17)14-13)8-3-4-10-9(5-8)6-11(16)15(10)2/h3-5,7H,6,13H2,1-2H3,(H,14,17). The van der Waals surface area contributed by atoms with Gasteiger partial charge in [-0.25, -0.2) is 5.84 Å². The average molecular weight is 233 g/mol. The molecule has 0 saturated carbocycles. The number of hydrogen-bond donors (Lipinski definition) is 2. The minimum absolute atomic E-state index is 0.0769. The molecule has 1 unspecified atom stereocenters. The van der Waals surface area contributed by atoms with Gasteiger partial charge in [-0.2, -0.15) is 0 Å². The van der Waals surface area contributed by atoms with E-state index in [1.807, 2.05) is 18.2 Å². The number of nitrogens with zero attached hydrogens (tertiary/aromatic N) is 1. The van der Waals surface area contributed by atoms with Gasteiger partial charge in [0.05, 0.1) is 12.3 Å². The number of nitrogens with two attached hydrogens (primary N) is 1. The lowest BCUT2D eigenvalue weighted by atomic mass is 9.97. The Balaban J connectivity index is 2.33. The molecule has 0 fully saturated rings. The molecule has 0 saturated heterocycles. The second-order valence-electron chi connectivity index (χ2n) is 4.25. The first-order valence-corrected chi connectivity index (χ1v) is 5.44. The number of rotatable bonds is 2. The normalized spacial score (nSPS) is 15.7. The Morgan fingerprint density at radius 3 is 2.88 bits per heavy atom. The second-order valence-corrected chi connectivity index (χ2v) is 4.25. The summed E-state index contributed by atoms with van der Waals surface area (Å²) in [7, 11) is 1.75. The maximum Gasteiger partial charge on any atom is 0.241 e. The van der Waals surface area contributed by atoms with Crippen molar-refractivity contribution in [2.45, 2.75) is 19.3 Å². The van der Waals surface area contributed by atoms with Crippen molar-refractivity contribution in [3.8, 4) is 0 Å². The van der Waals surface area contributed by atoms with Gasteiger partial charge in [0.25, 0.3) is 0 Å². The van der Waals surface area contributed by atoms with E-state index >= 15 is 0 Å². The SMILES string of the molecule is CC(C(=O)NN)c1ccc2c(c1)CC(=O)N2C. The van der Waals surface area contributed by atoms with E-state index in [4.69, 9.17) is 5.84 Å². The lowest BCUT2D eigenvalue weighted by molar-refractivity contribution is -0.122. The molecule has 0 aromatic heterocycles. The summed E-state index contributed by atoms with van der Waals surface area (Å²) in [5.74, 6) is 4.63. The summed E-state index contributed by atoms with van der Waals surface area (Å²) in [6.07, 6.45) is 0.399. The molecule has 5 heteroatoms. The molecule has 0 aliphatic carbocycles. The third kappa shape index (κ3) is 1.89. The fraction of sp³-hybridized carbons (Fsp3) is 0.333. The number of nitrogens with one attached hydrogen (secondary N) is 1. The number of hydrazine groups is 1. The molecule has 90 valence electrons. The number of carbonyl (C=O) groups excluding carboxylic acids is 2. The van der Waals surface area contributed by atoms with Crippen LogP contribution in [0.15, 0.2) is 18.2 Å². The zero-order valence-corrected chi connectivity index (χ0v) is 9.86. The van der Waals surface area contributed by atoms with Crippen LogP contribution in [0.4, 0.5) is 5.69 Å². The number of amides is 2. The summed E-state index contributed by atoms with van der Waals surface area (Å²) in [6, 6.07) is 5.63. The van der Waals surface area contributed by atoms with Gasteiger partial charge < -0.3 is 4.90 Å². The Labute approximate surface area is 99.6 Å². The summed E-state index contributed by atoms with van der Waals surface area (Å²) in [5, 5.41) is 0. The Bertz CT molecular complexity index is 485. The first-order valence-electron chi connectivity index (χ1n) is 5.44. The minimum Gasteiger partial charge on any atom is -0.315 e. The molecular weight excluding hydrogens is 218 g/mol. The van der Waals surface area contributed by atoms with Crippen molar-refractivity contribution in [3.63, 3.8) is 0 Å². The highest BCUT2D eigenvalue weighted by molar-refractivity contribution is 6.01. The highest BCUT2D eigenvalue weighted by Gasteiger charge is 2.25. The van der Waals surface area contributed by atoms with Crippen LogP contribution in [0.2, 0.25) is 0 Å². The first-order chi connectivity index (χ1) is 8.04. The monoisotopic (exact) mass is 233 g/mol. The molecule has 3 N–H and O–H groups in total. The Morgan fingerprint density at radius 2 is 2.24 bits per heavy atom. The maximum atomic E-state index is 11.5. The molecule has 1 heterocycles. The molecule has 5 nitrogen and oxygen atoms in total. The van der Waals surface area contributed by atoms with E-state index in [1.165, 1.54) is 0 Å². The predicted molar refractivity (Wildman–Crippen MR) is 64.3 cm³/mol. The zero-order valence-electron chi connectivity index (χ0n) is 9.86. The van der Waals surface area contributed by atoms with Gasteiger partial charge in [-0.1, -0.05) is 12.1 Å². The van der Waals surface area contributed by atoms with E-state index in [0.717, 1.165) is 16.8 Å². The lowest BCUT2D eigenvalue weighted by Crippen LogP contribution is -2.33. The molecule has 2 amide bonds. The highest BCUT2D eigenvalue weighted by atomic mass is 16.2. The highest BCUT2D eigenvalue weighted by Crippen LogP contribution is 2.30. The summed E-state index contributed by atoms with van der Waals surface area (Å²) in [5.41, 5.74) is 4.88. The van der Waals surface area contributed by atoms with Crippen LogP contribution < -0.4 is 16.2 Å². The van der Waals surface area contributed by atoms with Crippen molar-refractivity contribution in [1.29, 1.82) is 0 Å². The Kier molecular flexibility index (Phi) is 2.85. The summed E-state index contributed by atoms with van der Waals surface area (Å²) in [4.78, 5) is 24.6. The van der Waals surface area contributed by atoms with Crippen molar-refractivity contribution in [1.82, 2.24) is 5.43 Å². The molecule has 1 atom stereocenters. The smallest absolute Gasteiger partial charge is 0.241 e. The zero-order chi connectivity index (χ0) is 12.6. The third-order valence-corrected chi connectivity index (χ3v) is 3.22. The molecule has 1 aliphatic rings. The van der Waals surface area contributed by atoms with Gasteiger partial charge >= 0.3 is 0 Å². The van der Waals surface area contributed by atoms with E-state index < -0.39 is 0 Å². The van der Waals surface area contributed by atoms with Crippen LogP contribution >= 0.6 is 0 Å². The van der Waals surface area contributed by atoms with Crippen molar-refractivity contribution in [2.75, 3.05) is 11.9 Å². The molecule has 1 aromatic carbocycles. The first kappa shape index (κ1) is 11.6. The molecule has 1 aliphatic heterocycles. The number of hydrogen-bond acceptors (Lipinski definition) is 3. The molecular formula is C12H15N3O2. The van der Waals surface area contributed by atoms with Crippen molar-refractivity contribution in [2.24, 2.45) is 5.84 Å². The maximum absolute atomic E-state index is 11.5. The number of anilines is 1. The fourth-order valence-corrected chi connectivity index (χ4v) is 2.04. The number of carbonyl (C=O) groups is 2. The Morgan fingerprint density at radius 1 is 1.53 bits per heavy atom. The van der Waals surface area contributed by atoms with Crippen molar-refractivity contribution < 1.29 is 9.59 Å². The molecule has 1 aromatic rings. The number of fused-ring (bicyclic) bond motifs is 1. The van der Waals surface area contributed by atoms with Crippen LogP contribution in [0.5, 0.6) is 0 Å². The van der Waals surface area contributed by atoms with Crippen LogP contribution in [0, 0.1) is 0 Å². The van der Waals surface area contributed by atoms with Gasteiger partial charge in [-0.05, 0) is 24.1 Å². The largest absolute Gasteiger partial charge is 0.315 e. The number of likely N-dealkylation sites (N-methyl/N-ethyl adjacent to an activating group) is 1.